The molecule has 0 spiro atoms. The van der Waals surface area contributed by atoms with Crippen LogP contribution in [0.3, 0.4) is 0 Å². The van der Waals surface area contributed by atoms with E-state index in [1.54, 1.807) is 0 Å². The maximum atomic E-state index is 12.1. The van der Waals surface area contributed by atoms with E-state index in [-0.39, 0.29) is 38.0 Å². The molecule has 0 bridgehead atoms. The lowest BCUT2D eigenvalue weighted by molar-refractivity contribution is -0.137. The molecule has 0 aromatic rings. The molecule has 10 heteroatoms. The van der Waals surface area contributed by atoms with Crippen molar-refractivity contribution in [3.05, 3.63) is 36.5 Å². The molecule has 0 fully saturated rings. The van der Waals surface area contributed by atoms with Crippen LogP contribution in [0.1, 0.15) is 290 Å². The van der Waals surface area contributed by atoms with Crippen molar-refractivity contribution >= 4 is 17.8 Å². The Morgan fingerprint density at radius 2 is 0.586 bits per heavy atom. The molecule has 10 nitrogen and oxygen atoms in total. The Bertz CT molecular complexity index is 1090. The summed E-state index contributed by atoms with van der Waals surface area (Å²) < 4.78 is 0. The number of rotatable bonds is 51. The van der Waals surface area contributed by atoms with Gasteiger partial charge in [-0.3, -0.25) is 14.4 Å². The highest BCUT2D eigenvalue weighted by Crippen LogP contribution is 2.13. The lowest BCUT2D eigenvalue weighted by atomic mass is 10.1. The molecular formula is C60H118N4O6. The molecular weight excluding hydrogens is 873 g/mol. The molecule has 0 radical (unpaired) electrons. The molecule has 0 atom stereocenters. The van der Waals surface area contributed by atoms with Crippen LogP contribution < -0.4 is 22.1 Å². The second kappa shape index (κ2) is 64.5. The standard InChI is InChI=1S/C39H74N2O3.C18H34O2.C3H10N2O/c1-3-5-7-9-11-13-15-17-19-21-23-25-27-29-31-33-38(43)40-35-37(42)36-41-39(44)34-32-30-28-26-24-22-20-18-16-14-12-10-8-6-4-2;1-2-3-4-5-6-7-8-9-10-11-12-13-14-15-16-17-18(19)20;4-1-3(6)2-5/h17-20,37,42H,3-16,21-36H2,1-2H3,(H,40,43)(H,41,44);9-10H,2-8,11-17H2,1H3,(H,19,20);3,6H,1-2,4-5H2/b19-17-,20-18-;10-9-;. The van der Waals surface area contributed by atoms with Crippen molar-refractivity contribution in [2.24, 2.45) is 11.5 Å². The summed E-state index contributed by atoms with van der Waals surface area (Å²) in [7, 11) is 0. The summed E-state index contributed by atoms with van der Waals surface area (Å²) in [4.78, 5) is 34.5. The van der Waals surface area contributed by atoms with E-state index in [9.17, 15) is 19.5 Å². The van der Waals surface area contributed by atoms with E-state index in [2.05, 4.69) is 67.9 Å². The van der Waals surface area contributed by atoms with E-state index < -0.39 is 18.2 Å². The summed E-state index contributed by atoms with van der Waals surface area (Å²) in [5.41, 5.74) is 9.91. The molecule has 0 aliphatic carbocycles. The Morgan fingerprint density at radius 1 is 0.357 bits per heavy atom. The van der Waals surface area contributed by atoms with Gasteiger partial charge in [0.25, 0.3) is 0 Å². The summed E-state index contributed by atoms with van der Waals surface area (Å²) in [6.07, 6.45) is 62.7. The monoisotopic (exact) mass is 991 g/mol. The number of unbranched alkanes of at least 4 members (excludes halogenated alkanes) is 33. The van der Waals surface area contributed by atoms with Crippen molar-refractivity contribution in [1.82, 2.24) is 10.6 Å². The first-order chi connectivity index (χ1) is 34.2. The molecule has 0 aromatic heterocycles. The van der Waals surface area contributed by atoms with Crippen molar-refractivity contribution in [3.8, 4) is 0 Å². The summed E-state index contributed by atoms with van der Waals surface area (Å²) >= 11 is 0. The van der Waals surface area contributed by atoms with Gasteiger partial charge in [-0.1, -0.05) is 211 Å². The van der Waals surface area contributed by atoms with Gasteiger partial charge >= 0.3 is 5.97 Å². The molecule has 0 aromatic carbocycles. The zero-order valence-corrected chi connectivity index (χ0v) is 46.4. The summed E-state index contributed by atoms with van der Waals surface area (Å²) in [5, 5.41) is 32.6. The van der Waals surface area contributed by atoms with Gasteiger partial charge in [-0.25, -0.2) is 0 Å². The molecule has 70 heavy (non-hydrogen) atoms. The van der Waals surface area contributed by atoms with Gasteiger partial charge in [-0.15, -0.1) is 0 Å². The molecule has 414 valence electrons. The average Bonchev–Trinajstić information content (AvgIpc) is 3.36. The van der Waals surface area contributed by atoms with Crippen LogP contribution in [0.25, 0.3) is 0 Å². The predicted molar refractivity (Wildman–Crippen MR) is 302 cm³/mol. The van der Waals surface area contributed by atoms with E-state index in [1.165, 1.54) is 212 Å². The minimum atomic E-state index is -0.744. The lowest BCUT2D eigenvalue weighted by Gasteiger charge is -2.13. The summed E-state index contributed by atoms with van der Waals surface area (Å²) in [5.74, 6) is -0.690. The molecule has 0 heterocycles. The fraction of sp³-hybridized carbons (Fsp3) is 0.850. The molecule has 0 aliphatic heterocycles. The molecule has 0 saturated carbocycles. The molecule has 0 aliphatic rings. The number of carboxylic acid groups (broad SMARTS) is 1. The van der Waals surface area contributed by atoms with Crippen molar-refractivity contribution in [3.63, 3.8) is 0 Å². The fourth-order valence-electron chi connectivity index (χ4n) is 7.87. The maximum Gasteiger partial charge on any atom is 0.303 e. The quantitative estimate of drug-likeness (QED) is 0.0232. The second-order valence-corrected chi connectivity index (χ2v) is 19.8. The van der Waals surface area contributed by atoms with Crippen molar-refractivity contribution in [1.29, 1.82) is 0 Å². The first kappa shape index (κ1) is 71.7. The normalized spacial score (nSPS) is 11.4. The van der Waals surface area contributed by atoms with Crippen LogP contribution in [0.15, 0.2) is 36.5 Å². The van der Waals surface area contributed by atoms with Crippen LogP contribution in [0.4, 0.5) is 0 Å². The number of nitrogens with two attached hydrogens (primary N) is 2. The number of aliphatic hydroxyl groups is 2. The zero-order chi connectivity index (χ0) is 52.1. The highest BCUT2D eigenvalue weighted by Gasteiger charge is 2.09. The van der Waals surface area contributed by atoms with Gasteiger partial charge in [0.05, 0.1) is 12.2 Å². The summed E-state index contributed by atoms with van der Waals surface area (Å²) in [6, 6.07) is 0. The third-order valence-corrected chi connectivity index (χ3v) is 12.6. The number of hydrogen-bond acceptors (Lipinski definition) is 7. The van der Waals surface area contributed by atoms with Gasteiger partial charge in [0, 0.05) is 45.4 Å². The number of carbonyl (C=O) groups excluding carboxylic acids is 2. The van der Waals surface area contributed by atoms with E-state index >= 15 is 0 Å². The number of allylic oxidation sites excluding steroid dienone is 6. The number of aliphatic hydroxyl groups excluding tert-OH is 2. The minimum absolute atomic E-state index is 0.0127. The van der Waals surface area contributed by atoms with Crippen LogP contribution in [-0.2, 0) is 14.4 Å². The fourth-order valence-corrected chi connectivity index (χ4v) is 7.87. The van der Waals surface area contributed by atoms with Crippen LogP contribution in [0, 0.1) is 0 Å². The highest BCUT2D eigenvalue weighted by molar-refractivity contribution is 5.76. The first-order valence-corrected chi connectivity index (χ1v) is 29.6. The SMILES string of the molecule is CCCCCCCC/C=C\CCCCCCCC(=O)NCC(O)CNC(=O)CCCCCCC/C=C\CCCCCCCC.CCCCCCCC/C=C\CCCCCCCC(=O)O.NCC(O)CN. The zero-order valence-electron chi connectivity index (χ0n) is 46.4. The number of hydrogen-bond donors (Lipinski definition) is 7. The average molecular weight is 992 g/mol. The van der Waals surface area contributed by atoms with Crippen molar-refractivity contribution in [2.75, 3.05) is 26.2 Å². The van der Waals surface area contributed by atoms with E-state index in [4.69, 9.17) is 21.7 Å². The number of amides is 2. The van der Waals surface area contributed by atoms with Gasteiger partial charge in [0.2, 0.25) is 11.8 Å². The Morgan fingerprint density at radius 3 is 0.814 bits per heavy atom. The number of carboxylic acids is 1. The highest BCUT2D eigenvalue weighted by atomic mass is 16.4. The van der Waals surface area contributed by atoms with E-state index in [0.717, 1.165) is 38.5 Å². The van der Waals surface area contributed by atoms with E-state index in [1.807, 2.05) is 0 Å². The number of carbonyl (C=O) groups is 3. The topological polar surface area (TPSA) is 188 Å². The van der Waals surface area contributed by atoms with Gasteiger partial charge < -0.3 is 37.4 Å². The molecule has 2 amide bonds. The van der Waals surface area contributed by atoms with Crippen molar-refractivity contribution < 1.29 is 29.7 Å². The van der Waals surface area contributed by atoms with Gasteiger partial charge in [-0.05, 0) is 96.3 Å². The van der Waals surface area contributed by atoms with Crippen LogP contribution in [0.5, 0.6) is 0 Å². The minimum Gasteiger partial charge on any atom is -0.481 e. The summed E-state index contributed by atoms with van der Waals surface area (Å²) in [6.45, 7) is 7.69. The van der Waals surface area contributed by atoms with Gasteiger partial charge in [0.15, 0.2) is 0 Å². The third-order valence-electron chi connectivity index (χ3n) is 12.6. The van der Waals surface area contributed by atoms with Gasteiger partial charge in [-0.2, -0.15) is 0 Å². The Hall–Kier alpha value is -2.53. The third kappa shape index (κ3) is 69.7. The van der Waals surface area contributed by atoms with Crippen LogP contribution in [-0.4, -0.2) is 71.5 Å². The predicted octanol–water partition coefficient (Wildman–Crippen LogP) is 15.0. The molecule has 0 saturated heterocycles. The van der Waals surface area contributed by atoms with Gasteiger partial charge in [0.1, 0.15) is 0 Å². The second-order valence-electron chi connectivity index (χ2n) is 19.8. The Labute approximate surface area is 433 Å². The maximum absolute atomic E-state index is 12.1. The van der Waals surface area contributed by atoms with Crippen LogP contribution in [0.2, 0.25) is 0 Å². The van der Waals surface area contributed by atoms with E-state index in [0.29, 0.717) is 19.3 Å². The van der Waals surface area contributed by atoms with Crippen molar-refractivity contribution in [2.45, 2.75) is 303 Å². The lowest BCUT2D eigenvalue weighted by Crippen LogP contribution is -2.39. The first-order valence-electron chi connectivity index (χ1n) is 29.6. The molecule has 0 unspecified atom stereocenters. The Balaban J connectivity index is -0.00000142. The number of nitrogens with one attached hydrogen (secondary N) is 2. The molecule has 9 N–H and O–H groups in total. The molecule has 0 rings (SSSR count). The van der Waals surface area contributed by atoms with Crippen LogP contribution >= 0.6 is 0 Å². The number of aliphatic carboxylic acids is 1. The Kier molecular flexibility index (Phi) is 66.1. The largest absolute Gasteiger partial charge is 0.481 e. The smallest absolute Gasteiger partial charge is 0.303 e.